The van der Waals surface area contributed by atoms with E-state index in [-0.39, 0.29) is 51.3 Å². The molecule has 0 aliphatic heterocycles. The monoisotopic (exact) mass is 808 g/mol. The van der Waals surface area contributed by atoms with Crippen molar-refractivity contribution >= 4 is 34.4 Å². The lowest BCUT2D eigenvalue weighted by Gasteiger charge is -2.41. The Morgan fingerprint density at radius 3 is 2.54 bits per heavy atom. The highest BCUT2D eigenvalue weighted by Crippen LogP contribution is 2.38. The Bertz CT molecular complexity index is 1470. The predicted octanol–water partition coefficient (Wildman–Crippen LogP) is 4.26. The maximum Gasteiger partial charge on any atom is 0.248 e. The van der Waals surface area contributed by atoms with Gasteiger partial charge in [0.25, 0.3) is 0 Å². The zero-order valence-electron chi connectivity index (χ0n) is 29.8. The van der Waals surface area contributed by atoms with Gasteiger partial charge in [-0.15, -0.1) is 0 Å². The van der Waals surface area contributed by atoms with Gasteiger partial charge in [0.1, 0.15) is 24.6 Å². The van der Waals surface area contributed by atoms with Crippen LogP contribution in [0.5, 0.6) is 17.2 Å². The average Bonchev–Trinajstić information content (AvgIpc) is 3.11. The van der Waals surface area contributed by atoms with E-state index in [1.54, 1.807) is 30.2 Å². The van der Waals surface area contributed by atoms with Crippen molar-refractivity contribution < 1.29 is 43.9 Å². The molecule has 276 valence electrons. The summed E-state index contributed by atoms with van der Waals surface area (Å²) >= 11 is 2.08. The minimum atomic E-state index is -1.23. The third-order valence-corrected chi connectivity index (χ3v) is 10.6. The van der Waals surface area contributed by atoms with Gasteiger partial charge in [0.2, 0.25) is 11.8 Å². The number of hydrogen-bond donors (Lipinski definition) is 4. The summed E-state index contributed by atoms with van der Waals surface area (Å²) in [6.07, 6.45) is 2.86. The topological polar surface area (TPSA) is 147 Å². The first-order valence-corrected chi connectivity index (χ1v) is 18.5. The van der Waals surface area contributed by atoms with Crippen LogP contribution < -0.4 is 19.5 Å². The molecule has 12 heteroatoms. The van der Waals surface area contributed by atoms with Gasteiger partial charge in [0.05, 0.1) is 43.1 Å². The summed E-state index contributed by atoms with van der Waals surface area (Å²) in [5, 5.41) is 33.8. The molecule has 2 amide bonds. The molecule has 2 aliphatic carbocycles. The molecular weight excluding hydrogens is 755 g/mol. The van der Waals surface area contributed by atoms with Gasteiger partial charge >= 0.3 is 0 Å². The smallest absolute Gasteiger partial charge is 0.248 e. The van der Waals surface area contributed by atoms with E-state index in [0.29, 0.717) is 56.1 Å². The van der Waals surface area contributed by atoms with E-state index < -0.39 is 24.2 Å². The number of nitrogens with one attached hydrogen (secondary N) is 1. The number of halogens is 1. The van der Waals surface area contributed by atoms with E-state index in [1.165, 1.54) is 7.11 Å². The van der Waals surface area contributed by atoms with Gasteiger partial charge < -0.3 is 44.5 Å². The Morgan fingerprint density at radius 2 is 1.86 bits per heavy atom. The molecule has 4 N–H and O–H groups in total. The number of hydrogen-bond acceptors (Lipinski definition) is 9. The standard InChI is InChI=1S/C38H53IN2O9/c1-23(2)29-10-9-24(3)15-32(29)49-22-35(44)41(13-11-25-7-6-8-28(16-25)47-4)31-19-27(38(46)40-12-14-42)20-33(36(31)45)50-37-30(39)17-26(21-43)18-34(37)48-5/h6-8,16-18,20,23-24,29,31-33,36,42-43,45H,9-15,19,21-22H2,1-5H3,(H,40,46). The highest BCUT2D eigenvalue weighted by atomic mass is 127. The molecule has 2 aromatic rings. The minimum Gasteiger partial charge on any atom is -0.497 e. The second kappa shape index (κ2) is 19.1. The summed E-state index contributed by atoms with van der Waals surface area (Å²) in [5.41, 5.74) is 1.89. The zero-order valence-corrected chi connectivity index (χ0v) is 31.9. The Kier molecular flexibility index (Phi) is 15.2. The highest BCUT2D eigenvalue weighted by molar-refractivity contribution is 14.1. The average molecular weight is 809 g/mol. The number of aliphatic hydroxyl groups excluding tert-OH is 3. The maximum absolute atomic E-state index is 14.3. The van der Waals surface area contributed by atoms with E-state index in [4.69, 9.17) is 18.9 Å². The Hall–Kier alpha value is -2.91. The summed E-state index contributed by atoms with van der Waals surface area (Å²) < 4.78 is 24.5. The molecule has 6 unspecified atom stereocenters. The molecule has 2 aliphatic rings. The van der Waals surface area contributed by atoms with Gasteiger partial charge in [0.15, 0.2) is 11.5 Å². The first kappa shape index (κ1) is 39.9. The third-order valence-electron chi connectivity index (χ3n) is 9.82. The summed E-state index contributed by atoms with van der Waals surface area (Å²) in [5.74, 6) is 1.96. The third kappa shape index (κ3) is 10.3. The first-order valence-electron chi connectivity index (χ1n) is 17.4. The highest BCUT2D eigenvalue weighted by Gasteiger charge is 2.41. The quantitative estimate of drug-likeness (QED) is 0.183. The fourth-order valence-corrected chi connectivity index (χ4v) is 7.81. The number of methoxy groups -OCH3 is 2. The Labute approximate surface area is 309 Å². The number of rotatable bonds is 16. The molecule has 0 bridgehead atoms. The molecule has 2 aromatic carbocycles. The van der Waals surface area contributed by atoms with Crippen molar-refractivity contribution in [1.29, 1.82) is 0 Å². The van der Waals surface area contributed by atoms with Crippen LogP contribution in [0.2, 0.25) is 0 Å². The summed E-state index contributed by atoms with van der Waals surface area (Å²) in [7, 11) is 3.09. The summed E-state index contributed by atoms with van der Waals surface area (Å²) in [6, 6.07) is 10.2. The van der Waals surface area contributed by atoms with Crippen molar-refractivity contribution in [1.82, 2.24) is 10.2 Å². The van der Waals surface area contributed by atoms with Crippen LogP contribution in [-0.4, -0.2) is 96.9 Å². The normalized spacial score (nSPS) is 23.6. The van der Waals surface area contributed by atoms with Crippen molar-refractivity contribution in [2.24, 2.45) is 17.8 Å². The molecule has 1 fully saturated rings. The number of aliphatic hydroxyl groups is 3. The van der Waals surface area contributed by atoms with Crippen molar-refractivity contribution in [2.45, 2.75) is 83.8 Å². The van der Waals surface area contributed by atoms with Gasteiger partial charge in [-0.2, -0.15) is 0 Å². The molecular formula is C38H53IN2O9. The van der Waals surface area contributed by atoms with Gasteiger partial charge in [-0.25, -0.2) is 0 Å². The van der Waals surface area contributed by atoms with Crippen LogP contribution in [0.3, 0.4) is 0 Å². The van der Waals surface area contributed by atoms with Crippen molar-refractivity contribution in [3.63, 3.8) is 0 Å². The van der Waals surface area contributed by atoms with Crippen LogP contribution in [0.25, 0.3) is 0 Å². The zero-order chi connectivity index (χ0) is 36.4. The van der Waals surface area contributed by atoms with Crippen molar-refractivity contribution in [3.8, 4) is 17.2 Å². The molecule has 0 aromatic heterocycles. The van der Waals surface area contributed by atoms with Crippen molar-refractivity contribution in [3.05, 3.63) is 62.7 Å². The van der Waals surface area contributed by atoms with E-state index in [9.17, 15) is 24.9 Å². The minimum absolute atomic E-state index is 0.0480. The summed E-state index contributed by atoms with van der Waals surface area (Å²) in [6.45, 7) is 6.32. The van der Waals surface area contributed by atoms with Crippen LogP contribution >= 0.6 is 22.6 Å². The lowest BCUT2D eigenvalue weighted by Crippen LogP contribution is -2.56. The van der Waals surface area contributed by atoms with E-state index >= 15 is 0 Å². The van der Waals surface area contributed by atoms with Crippen molar-refractivity contribution in [2.75, 3.05) is 40.5 Å². The molecule has 0 heterocycles. The van der Waals surface area contributed by atoms with Crippen LogP contribution in [-0.2, 0) is 27.4 Å². The molecule has 0 spiro atoms. The van der Waals surface area contributed by atoms with Gasteiger partial charge in [-0.3, -0.25) is 9.59 Å². The second-order valence-electron chi connectivity index (χ2n) is 13.6. The molecule has 6 atom stereocenters. The number of carbonyl (C=O) groups is 2. The van der Waals surface area contributed by atoms with Crippen LogP contribution in [0.4, 0.5) is 0 Å². The van der Waals surface area contributed by atoms with Gasteiger partial charge in [-0.05, 0) is 101 Å². The molecule has 50 heavy (non-hydrogen) atoms. The summed E-state index contributed by atoms with van der Waals surface area (Å²) in [4.78, 5) is 29.3. The van der Waals surface area contributed by atoms with Crippen LogP contribution in [0.15, 0.2) is 48.0 Å². The van der Waals surface area contributed by atoms with Gasteiger partial charge in [-0.1, -0.05) is 39.3 Å². The fraction of sp³-hybridized carbons (Fsp3) is 0.579. The number of ether oxygens (including phenoxy) is 4. The van der Waals surface area contributed by atoms with E-state index in [0.717, 1.165) is 24.8 Å². The van der Waals surface area contributed by atoms with E-state index in [1.807, 2.05) is 24.3 Å². The van der Waals surface area contributed by atoms with E-state index in [2.05, 4.69) is 48.7 Å². The molecule has 4 rings (SSSR count). The first-order chi connectivity index (χ1) is 24.0. The molecule has 0 saturated heterocycles. The molecule has 0 radical (unpaired) electrons. The lowest BCUT2D eigenvalue weighted by molar-refractivity contribution is -0.148. The Morgan fingerprint density at radius 1 is 1.08 bits per heavy atom. The van der Waals surface area contributed by atoms with Crippen LogP contribution in [0.1, 0.15) is 57.6 Å². The lowest BCUT2D eigenvalue weighted by atomic mass is 9.75. The number of carbonyl (C=O) groups excluding carboxylic acids is 2. The maximum atomic E-state index is 14.3. The SMILES string of the molecule is COc1cccc(CCN(C(=O)COC2CC(C)CCC2C(C)C)C2CC(C(=O)NCCO)=CC(Oc3c(I)cc(CO)cc3OC)C2O)c1. The number of benzene rings is 2. The number of nitrogens with zero attached hydrogens (tertiary/aromatic N) is 1. The molecule has 11 nitrogen and oxygen atoms in total. The van der Waals surface area contributed by atoms with Crippen LogP contribution in [0, 0.1) is 21.3 Å². The number of amides is 2. The Balaban J connectivity index is 1.68. The van der Waals surface area contributed by atoms with Gasteiger partial charge in [0, 0.05) is 25.1 Å². The fourth-order valence-electron chi connectivity index (χ4n) is 7.02. The second-order valence-corrected chi connectivity index (χ2v) is 14.8. The largest absolute Gasteiger partial charge is 0.497 e. The molecule has 1 saturated carbocycles. The predicted molar refractivity (Wildman–Crippen MR) is 198 cm³/mol.